The van der Waals surface area contributed by atoms with Gasteiger partial charge in [-0.25, -0.2) is 9.78 Å². The van der Waals surface area contributed by atoms with Gasteiger partial charge in [-0.05, 0) is 19.4 Å². The summed E-state index contributed by atoms with van der Waals surface area (Å²) in [5, 5.41) is 0. The fraction of sp³-hybridized carbons (Fsp3) is 0.250. The fourth-order valence-corrected chi connectivity index (χ4v) is 1.92. The molecule has 1 aromatic carbocycles. The number of rotatable bonds is 4. The number of hydrogen-bond acceptors (Lipinski definition) is 3. The fourth-order valence-electron chi connectivity index (χ4n) is 1.92. The van der Waals surface area contributed by atoms with Crippen molar-refractivity contribution in [2.24, 2.45) is 0 Å². The molecule has 1 heterocycles. The molecule has 0 N–H and O–H groups in total. The number of imidazole rings is 1. The average Bonchev–Trinajstić information content (AvgIpc) is 2.96. The zero-order chi connectivity index (χ0) is 14.5. The summed E-state index contributed by atoms with van der Waals surface area (Å²) in [7, 11) is 0. The molecule has 0 radical (unpaired) electrons. The number of aromatic nitrogens is 2. The maximum atomic E-state index is 12.1. The highest BCUT2D eigenvalue weighted by atomic mass is 16.5. The van der Waals surface area contributed by atoms with Gasteiger partial charge in [-0.15, -0.1) is 6.42 Å². The van der Waals surface area contributed by atoms with E-state index in [4.69, 9.17) is 11.2 Å². The molecule has 0 aliphatic carbocycles. The summed E-state index contributed by atoms with van der Waals surface area (Å²) in [5.41, 5.74) is 1.48. The van der Waals surface area contributed by atoms with Gasteiger partial charge in [-0.2, -0.15) is 0 Å². The van der Waals surface area contributed by atoms with Gasteiger partial charge in [-0.1, -0.05) is 36.3 Å². The van der Waals surface area contributed by atoms with Crippen LogP contribution in [0, 0.1) is 12.3 Å². The molecule has 0 aliphatic heterocycles. The van der Waals surface area contributed by atoms with E-state index in [-0.39, 0.29) is 6.04 Å². The predicted octanol–water partition coefficient (Wildman–Crippen LogP) is 2.67. The minimum absolute atomic E-state index is 0.0117. The lowest BCUT2D eigenvalue weighted by Crippen LogP contribution is -2.18. The van der Waals surface area contributed by atoms with E-state index < -0.39 is 12.1 Å². The van der Waals surface area contributed by atoms with Crippen LogP contribution in [0.2, 0.25) is 0 Å². The van der Waals surface area contributed by atoms with Crippen LogP contribution in [0.5, 0.6) is 0 Å². The summed E-state index contributed by atoms with van der Waals surface area (Å²) in [5.74, 6) is 1.90. The van der Waals surface area contributed by atoms with E-state index in [1.165, 1.54) is 6.20 Å². The Kier molecular flexibility index (Phi) is 4.21. The van der Waals surface area contributed by atoms with Crippen molar-refractivity contribution in [3.8, 4) is 12.3 Å². The number of nitrogens with zero attached hydrogens (tertiary/aromatic N) is 2. The molecule has 2 rings (SSSR count). The van der Waals surface area contributed by atoms with E-state index in [0.29, 0.717) is 5.69 Å². The highest BCUT2D eigenvalue weighted by Crippen LogP contribution is 2.19. The van der Waals surface area contributed by atoms with Crippen LogP contribution in [0.15, 0.2) is 42.9 Å². The van der Waals surface area contributed by atoms with Gasteiger partial charge < -0.3 is 9.30 Å². The Hall–Kier alpha value is -2.54. The lowest BCUT2D eigenvalue weighted by Gasteiger charge is -2.16. The van der Waals surface area contributed by atoms with Crippen LogP contribution in [0.4, 0.5) is 0 Å². The Morgan fingerprint density at radius 2 is 2.05 bits per heavy atom. The maximum absolute atomic E-state index is 12.1. The first-order valence-corrected chi connectivity index (χ1v) is 6.37. The third-order valence-electron chi connectivity index (χ3n) is 3.09. The van der Waals surface area contributed by atoms with E-state index in [2.05, 4.69) is 10.9 Å². The Balaban J connectivity index is 2.25. The van der Waals surface area contributed by atoms with Crippen molar-refractivity contribution >= 4 is 5.97 Å². The van der Waals surface area contributed by atoms with E-state index in [1.807, 2.05) is 37.3 Å². The smallest absolute Gasteiger partial charge is 0.357 e. The number of terminal acetylenes is 1. The van der Waals surface area contributed by atoms with Crippen molar-refractivity contribution in [1.82, 2.24) is 9.55 Å². The number of benzene rings is 1. The van der Waals surface area contributed by atoms with E-state index in [1.54, 1.807) is 17.8 Å². The van der Waals surface area contributed by atoms with Crippen molar-refractivity contribution in [2.75, 3.05) is 0 Å². The third kappa shape index (κ3) is 2.89. The molecule has 0 amide bonds. The maximum Gasteiger partial charge on any atom is 0.357 e. The lowest BCUT2D eigenvalue weighted by molar-refractivity contribution is 0.0425. The summed E-state index contributed by atoms with van der Waals surface area (Å²) in [4.78, 5) is 16.1. The van der Waals surface area contributed by atoms with Crippen LogP contribution in [0.25, 0.3) is 0 Å². The van der Waals surface area contributed by atoms with Crippen molar-refractivity contribution in [3.63, 3.8) is 0 Å². The van der Waals surface area contributed by atoms with E-state index in [9.17, 15) is 4.79 Å². The van der Waals surface area contributed by atoms with Crippen molar-refractivity contribution in [2.45, 2.75) is 26.0 Å². The van der Waals surface area contributed by atoms with Crippen LogP contribution in [0.3, 0.4) is 0 Å². The number of carbonyl (C=O) groups excluding carboxylic acids is 1. The van der Waals surface area contributed by atoms with Crippen LogP contribution in [-0.2, 0) is 4.74 Å². The first-order chi connectivity index (χ1) is 9.63. The van der Waals surface area contributed by atoms with E-state index in [0.717, 1.165) is 5.56 Å². The molecular weight excluding hydrogens is 252 g/mol. The molecule has 1 aromatic heterocycles. The van der Waals surface area contributed by atoms with Gasteiger partial charge in [0.25, 0.3) is 0 Å². The zero-order valence-electron chi connectivity index (χ0n) is 11.5. The minimum Gasteiger partial charge on any atom is -0.445 e. The van der Waals surface area contributed by atoms with Gasteiger partial charge in [0.1, 0.15) is 5.69 Å². The van der Waals surface area contributed by atoms with Gasteiger partial charge >= 0.3 is 5.97 Å². The van der Waals surface area contributed by atoms with Crippen LogP contribution < -0.4 is 0 Å². The molecule has 20 heavy (non-hydrogen) atoms. The number of ether oxygens (including phenoxy) is 1. The quantitative estimate of drug-likeness (QED) is 0.632. The molecule has 0 bridgehead atoms. The topological polar surface area (TPSA) is 44.1 Å². The largest absolute Gasteiger partial charge is 0.445 e. The third-order valence-corrected chi connectivity index (χ3v) is 3.09. The highest BCUT2D eigenvalue weighted by Gasteiger charge is 2.19. The second-order valence-corrected chi connectivity index (χ2v) is 4.49. The molecular formula is C16H16N2O2. The van der Waals surface area contributed by atoms with Gasteiger partial charge in [0.05, 0.1) is 18.6 Å². The average molecular weight is 268 g/mol. The SMILES string of the molecule is C#CC(C)OC(=O)c1cncn1C(C)c1ccccc1. The van der Waals surface area contributed by atoms with E-state index >= 15 is 0 Å². The summed E-state index contributed by atoms with van der Waals surface area (Å²) < 4.78 is 6.91. The van der Waals surface area contributed by atoms with Gasteiger partial charge in [0.2, 0.25) is 0 Å². The number of hydrogen-bond donors (Lipinski definition) is 0. The second kappa shape index (κ2) is 6.07. The van der Waals surface area contributed by atoms with Crippen molar-refractivity contribution in [1.29, 1.82) is 0 Å². The lowest BCUT2D eigenvalue weighted by atomic mass is 10.1. The predicted molar refractivity (Wildman–Crippen MR) is 76.2 cm³/mol. The minimum atomic E-state index is -0.558. The molecule has 0 saturated heterocycles. The summed E-state index contributed by atoms with van der Waals surface area (Å²) in [6.45, 7) is 3.65. The van der Waals surface area contributed by atoms with Gasteiger partial charge in [-0.3, -0.25) is 0 Å². The molecule has 4 nitrogen and oxygen atoms in total. The standard InChI is InChI=1S/C16H16N2O2/c1-4-12(2)20-16(19)15-10-17-11-18(15)13(3)14-8-6-5-7-9-14/h1,5-13H,2-3H3. The summed E-state index contributed by atoms with van der Waals surface area (Å²) in [6.07, 6.45) is 7.77. The van der Waals surface area contributed by atoms with Crippen LogP contribution in [0.1, 0.15) is 35.9 Å². The Labute approximate surface area is 118 Å². The molecule has 0 aliphatic rings. The number of carbonyl (C=O) groups is 1. The highest BCUT2D eigenvalue weighted by molar-refractivity contribution is 5.87. The van der Waals surface area contributed by atoms with Crippen LogP contribution in [-0.4, -0.2) is 21.6 Å². The normalized spacial score (nSPS) is 13.2. The van der Waals surface area contributed by atoms with Gasteiger partial charge in [0.15, 0.2) is 6.10 Å². The molecule has 0 saturated carbocycles. The Morgan fingerprint density at radius 3 is 2.70 bits per heavy atom. The molecule has 4 heteroatoms. The zero-order valence-corrected chi connectivity index (χ0v) is 11.5. The molecule has 2 unspecified atom stereocenters. The van der Waals surface area contributed by atoms with Gasteiger partial charge in [0, 0.05) is 0 Å². The summed E-state index contributed by atoms with van der Waals surface area (Å²) in [6, 6.07) is 9.87. The molecule has 0 spiro atoms. The Morgan fingerprint density at radius 1 is 1.35 bits per heavy atom. The first kappa shape index (κ1) is 13.9. The summed E-state index contributed by atoms with van der Waals surface area (Å²) >= 11 is 0. The molecule has 102 valence electrons. The second-order valence-electron chi connectivity index (χ2n) is 4.49. The monoisotopic (exact) mass is 268 g/mol. The van der Waals surface area contributed by atoms with Crippen molar-refractivity contribution < 1.29 is 9.53 Å². The molecule has 2 aromatic rings. The first-order valence-electron chi connectivity index (χ1n) is 6.37. The van der Waals surface area contributed by atoms with Crippen molar-refractivity contribution in [3.05, 3.63) is 54.1 Å². The van der Waals surface area contributed by atoms with Crippen LogP contribution >= 0.6 is 0 Å². The number of esters is 1. The molecule has 0 fully saturated rings. The Bertz CT molecular complexity index is 625. The molecule has 2 atom stereocenters.